The Labute approximate surface area is 133 Å². The van der Waals surface area contributed by atoms with Gasteiger partial charge in [0.15, 0.2) is 0 Å². The lowest BCUT2D eigenvalue weighted by Crippen LogP contribution is -1.92. The maximum atomic E-state index is 11.6. The molecule has 4 heteroatoms. The van der Waals surface area contributed by atoms with Crippen molar-refractivity contribution in [1.29, 1.82) is 0 Å². The molecule has 0 bridgehead atoms. The van der Waals surface area contributed by atoms with E-state index >= 15 is 0 Å². The molecule has 2 aromatic carbocycles. The van der Waals surface area contributed by atoms with Crippen molar-refractivity contribution in [3.8, 4) is 5.75 Å². The first-order valence-corrected chi connectivity index (χ1v) is 7.09. The maximum Gasteiger partial charge on any atom is 0.336 e. The fourth-order valence-corrected chi connectivity index (χ4v) is 2.32. The highest BCUT2D eigenvalue weighted by Crippen LogP contribution is 2.32. The predicted octanol–water partition coefficient (Wildman–Crippen LogP) is 4.33. The average molecular weight is 313 g/mol. The Morgan fingerprint density at radius 2 is 1.73 bits per heavy atom. The molecule has 22 heavy (non-hydrogen) atoms. The van der Waals surface area contributed by atoms with Crippen LogP contribution in [0.15, 0.2) is 60.4 Å². The number of cyclic esters (lactones) is 1. The number of rotatable bonds is 3. The van der Waals surface area contributed by atoms with Crippen LogP contribution in [0.4, 0.5) is 0 Å². The van der Waals surface area contributed by atoms with Gasteiger partial charge in [-0.05, 0) is 41.5 Å². The first-order valence-electron chi connectivity index (χ1n) is 6.71. The number of hydrogen-bond donors (Lipinski definition) is 0. The minimum Gasteiger partial charge on any atom is -0.497 e. The van der Waals surface area contributed by atoms with Crippen LogP contribution in [0.25, 0.3) is 11.6 Å². The summed E-state index contributed by atoms with van der Waals surface area (Å²) in [5, 5.41) is 0.663. The number of ether oxygens (including phenoxy) is 2. The lowest BCUT2D eigenvalue weighted by molar-refractivity contribution is -0.132. The van der Waals surface area contributed by atoms with E-state index in [1.54, 1.807) is 19.2 Å². The van der Waals surface area contributed by atoms with Crippen LogP contribution in [0.2, 0.25) is 5.02 Å². The minimum absolute atomic E-state index is 0.369. The molecular formula is C18H13ClO3. The number of hydrogen-bond acceptors (Lipinski definition) is 3. The zero-order valence-electron chi connectivity index (χ0n) is 11.9. The maximum absolute atomic E-state index is 11.6. The number of esters is 1. The minimum atomic E-state index is -0.369. The normalized spacial score (nSPS) is 15.6. The van der Waals surface area contributed by atoms with Crippen LogP contribution in [0.5, 0.6) is 5.75 Å². The van der Waals surface area contributed by atoms with Crippen molar-refractivity contribution in [3.63, 3.8) is 0 Å². The van der Waals surface area contributed by atoms with E-state index in [1.807, 2.05) is 42.5 Å². The van der Waals surface area contributed by atoms with E-state index < -0.39 is 0 Å². The van der Waals surface area contributed by atoms with Gasteiger partial charge in [-0.3, -0.25) is 0 Å². The molecule has 0 radical (unpaired) electrons. The summed E-state index contributed by atoms with van der Waals surface area (Å²) in [6.45, 7) is 0. The molecule has 3 rings (SSSR count). The van der Waals surface area contributed by atoms with Gasteiger partial charge in [0.05, 0.1) is 7.11 Å². The fourth-order valence-electron chi connectivity index (χ4n) is 2.20. The largest absolute Gasteiger partial charge is 0.497 e. The van der Waals surface area contributed by atoms with Gasteiger partial charge in [-0.1, -0.05) is 35.9 Å². The van der Waals surface area contributed by atoms with Crippen LogP contribution in [0.3, 0.4) is 0 Å². The van der Waals surface area contributed by atoms with Crippen LogP contribution in [-0.2, 0) is 9.53 Å². The summed E-state index contributed by atoms with van der Waals surface area (Å²) in [4.78, 5) is 11.6. The van der Waals surface area contributed by atoms with Gasteiger partial charge in [-0.2, -0.15) is 0 Å². The van der Waals surface area contributed by atoms with E-state index in [1.165, 1.54) is 6.08 Å². The fraction of sp³-hybridized carbons (Fsp3) is 0.0556. The van der Waals surface area contributed by atoms with Crippen molar-refractivity contribution in [3.05, 3.63) is 76.5 Å². The highest BCUT2D eigenvalue weighted by Gasteiger charge is 2.21. The average Bonchev–Trinajstić information content (AvgIpc) is 2.90. The van der Waals surface area contributed by atoms with Crippen molar-refractivity contribution in [2.45, 2.75) is 0 Å². The van der Waals surface area contributed by atoms with E-state index in [2.05, 4.69) is 0 Å². The first-order chi connectivity index (χ1) is 10.7. The van der Waals surface area contributed by atoms with Gasteiger partial charge < -0.3 is 9.47 Å². The Morgan fingerprint density at radius 1 is 1.05 bits per heavy atom. The molecule has 0 spiro atoms. The second-order valence-electron chi connectivity index (χ2n) is 4.77. The third-order valence-electron chi connectivity index (χ3n) is 3.31. The van der Waals surface area contributed by atoms with Crippen LogP contribution < -0.4 is 4.74 Å². The zero-order chi connectivity index (χ0) is 15.5. The predicted molar refractivity (Wildman–Crippen MR) is 86.5 cm³/mol. The van der Waals surface area contributed by atoms with E-state index in [9.17, 15) is 4.79 Å². The van der Waals surface area contributed by atoms with E-state index in [0.29, 0.717) is 10.8 Å². The zero-order valence-corrected chi connectivity index (χ0v) is 12.6. The smallest absolute Gasteiger partial charge is 0.336 e. The number of benzene rings is 2. The number of allylic oxidation sites excluding steroid dienone is 1. The second-order valence-corrected chi connectivity index (χ2v) is 5.20. The molecule has 0 unspecified atom stereocenters. The summed E-state index contributed by atoms with van der Waals surface area (Å²) in [6.07, 6.45) is 3.31. The number of halogens is 1. The molecule has 0 N–H and O–H groups in total. The van der Waals surface area contributed by atoms with Gasteiger partial charge in [-0.15, -0.1) is 0 Å². The molecule has 0 amide bonds. The van der Waals surface area contributed by atoms with E-state index in [0.717, 1.165) is 22.4 Å². The molecule has 1 heterocycles. The highest BCUT2D eigenvalue weighted by molar-refractivity contribution is 6.30. The van der Waals surface area contributed by atoms with Gasteiger partial charge >= 0.3 is 5.97 Å². The molecule has 3 nitrogen and oxygen atoms in total. The summed E-state index contributed by atoms with van der Waals surface area (Å²) in [6, 6.07) is 14.8. The van der Waals surface area contributed by atoms with Crippen molar-refractivity contribution in [1.82, 2.24) is 0 Å². The van der Waals surface area contributed by atoms with E-state index in [-0.39, 0.29) is 5.97 Å². The summed E-state index contributed by atoms with van der Waals surface area (Å²) in [7, 11) is 1.61. The summed E-state index contributed by atoms with van der Waals surface area (Å²) >= 11 is 5.88. The molecule has 0 aliphatic carbocycles. The third kappa shape index (κ3) is 3.05. The molecule has 0 fully saturated rings. The van der Waals surface area contributed by atoms with Gasteiger partial charge in [0.25, 0.3) is 0 Å². The molecule has 0 atom stereocenters. The monoisotopic (exact) mass is 312 g/mol. The highest BCUT2D eigenvalue weighted by atomic mass is 35.5. The van der Waals surface area contributed by atoms with Gasteiger partial charge in [-0.25, -0.2) is 4.79 Å². The molecule has 110 valence electrons. The van der Waals surface area contributed by atoms with Crippen molar-refractivity contribution in [2.24, 2.45) is 0 Å². The Hall–Kier alpha value is -2.52. The van der Waals surface area contributed by atoms with Crippen LogP contribution >= 0.6 is 11.6 Å². The first kappa shape index (κ1) is 14.4. The third-order valence-corrected chi connectivity index (χ3v) is 3.56. The van der Waals surface area contributed by atoms with Crippen LogP contribution in [-0.4, -0.2) is 13.1 Å². The standard InChI is InChI=1S/C18H13ClO3/c1-21-15-8-4-13(5-9-15)16-11-18(20)22-17(16)10-12-2-6-14(19)7-3-12/h2-11H,1H3/b17-10-. The molecule has 2 aromatic rings. The van der Waals surface area contributed by atoms with Gasteiger partial charge in [0, 0.05) is 16.7 Å². The lowest BCUT2D eigenvalue weighted by Gasteiger charge is -2.06. The van der Waals surface area contributed by atoms with Crippen LogP contribution in [0, 0.1) is 0 Å². The molecular weight excluding hydrogens is 300 g/mol. The van der Waals surface area contributed by atoms with Crippen molar-refractivity contribution >= 4 is 29.2 Å². The Bertz CT molecular complexity index is 756. The summed E-state index contributed by atoms with van der Waals surface area (Å²) in [5.74, 6) is 0.918. The molecule has 0 saturated heterocycles. The topological polar surface area (TPSA) is 35.5 Å². The van der Waals surface area contributed by atoms with Gasteiger partial charge in [0.1, 0.15) is 11.5 Å². The number of carbonyl (C=O) groups excluding carboxylic acids is 1. The molecule has 1 aliphatic heterocycles. The summed E-state index contributed by atoms with van der Waals surface area (Å²) < 4.78 is 10.4. The Kier molecular flexibility index (Phi) is 3.98. The number of carbonyl (C=O) groups is 1. The Balaban J connectivity index is 1.95. The SMILES string of the molecule is COc1ccc(C2=CC(=O)O/C2=C\c2ccc(Cl)cc2)cc1. The molecule has 1 aliphatic rings. The lowest BCUT2D eigenvalue weighted by atomic mass is 10.0. The number of methoxy groups -OCH3 is 1. The summed E-state index contributed by atoms with van der Waals surface area (Å²) in [5.41, 5.74) is 2.56. The van der Waals surface area contributed by atoms with Crippen molar-refractivity contribution < 1.29 is 14.3 Å². The van der Waals surface area contributed by atoms with Gasteiger partial charge in [0.2, 0.25) is 0 Å². The molecule has 0 saturated carbocycles. The van der Waals surface area contributed by atoms with E-state index in [4.69, 9.17) is 21.1 Å². The quantitative estimate of drug-likeness (QED) is 0.791. The van der Waals surface area contributed by atoms with Crippen LogP contribution in [0.1, 0.15) is 11.1 Å². The second kappa shape index (κ2) is 6.08. The Morgan fingerprint density at radius 3 is 2.36 bits per heavy atom. The van der Waals surface area contributed by atoms with Crippen molar-refractivity contribution in [2.75, 3.05) is 7.11 Å². The molecule has 0 aromatic heterocycles.